The molecule has 1 aliphatic heterocycles. The van der Waals surface area contributed by atoms with Crippen LogP contribution in [0.5, 0.6) is 0 Å². The van der Waals surface area contributed by atoms with Crippen molar-refractivity contribution in [2.75, 3.05) is 23.3 Å². The number of aromatic nitrogens is 2. The average Bonchev–Trinajstić information content (AvgIpc) is 2.93. The molecule has 0 saturated heterocycles. The lowest BCUT2D eigenvalue weighted by atomic mass is 9.93. The molecule has 0 fully saturated rings. The summed E-state index contributed by atoms with van der Waals surface area (Å²) in [5.41, 5.74) is 15.0. The molecular weight excluding hydrogens is 485 g/mol. The van der Waals surface area contributed by atoms with E-state index in [-0.39, 0.29) is 0 Å². The minimum absolute atomic E-state index is 0.684. The Morgan fingerprint density at radius 1 is 1.16 bits per heavy atom. The van der Waals surface area contributed by atoms with E-state index in [1.807, 2.05) is 0 Å². The van der Waals surface area contributed by atoms with E-state index >= 15 is 0 Å². The highest BCUT2D eigenvalue weighted by Gasteiger charge is 2.22. The van der Waals surface area contributed by atoms with Crippen LogP contribution in [0.1, 0.15) is 55.0 Å². The monoisotopic (exact) mass is 525 g/mol. The number of nitrogens with zero attached hydrogens (tertiary/aromatic N) is 3. The first kappa shape index (κ1) is 27.8. The number of hydrogen-bond acceptors (Lipinski definition) is 5. The van der Waals surface area contributed by atoms with Crippen LogP contribution in [0, 0.1) is 0 Å². The van der Waals surface area contributed by atoms with Crippen LogP contribution in [0.25, 0.3) is 5.57 Å². The molecule has 3 N–H and O–H groups in total. The first-order valence-corrected chi connectivity index (χ1v) is 14.1. The Bertz CT molecular complexity index is 1320. The Hall–Kier alpha value is -3.27. The van der Waals surface area contributed by atoms with Gasteiger partial charge in [-0.2, -0.15) is 0 Å². The lowest BCUT2D eigenvalue weighted by Gasteiger charge is -2.32. The summed E-state index contributed by atoms with van der Waals surface area (Å²) >= 11 is 0. The molecule has 3 aromatic rings. The van der Waals surface area contributed by atoms with Crippen LogP contribution < -0.4 is 21.3 Å². The van der Waals surface area contributed by atoms with E-state index in [0.717, 1.165) is 49.3 Å². The number of hydrogen-bond donors (Lipinski definition) is 2. The van der Waals surface area contributed by atoms with Crippen LogP contribution in [-0.2, 0) is 25.9 Å². The van der Waals surface area contributed by atoms with Crippen LogP contribution in [0.2, 0.25) is 0 Å². The Kier molecular flexibility index (Phi) is 9.86. The fraction of sp³-hybridized carbons (Fsp3) is 0.312. The second-order valence-corrected chi connectivity index (χ2v) is 10.3. The normalized spacial score (nSPS) is 14.2. The van der Waals surface area contributed by atoms with Crippen molar-refractivity contribution in [3.8, 4) is 0 Å². The third-order valence-corrected chi connectivity index (χ3v) is 7.47. The fourth-order valence-electron chi connectivity index (χ4n) is 5.07. The molecule has 0 spiro atoms. The number of rotatable bonds is 10. The van der Waals surface area contributed by atoms with Gasteiger partial charge in [0, 0.05) is 19.6 Å². The minimum Gasteiger partial charge on any atom is -0.365 e. The second kappa shape index (κ2) is 13.5. The lowest BCUT2D eigenvalue weighted by Crippen LogP contribution is -2.34. The molecular formula is C32H40N5P. The highest BCUT2D eigenvalue weighted by atomic mass is 31.0. The summed E-state index contributed by atoms with van der Waals surface area (Å²) < 4.78 is 0. The van der Waals surface area contributed by atoms with Gasteiger partial charge < -0.3 is 16.0 Å². The van der Waals surface area contributed by atoms with Gasteiger partial charge in [-0.1, -0.05) is 88.5 Å². The van der Waals surface area contributed by atoms with Gasteiger partial charge in [0.25, 0.3) is 0 Å². The third-order valence-electron chi connectivity index (χ3n) is 6.94. The van der Waals surface area contributed by atoms with Crippen molar-refractivity contribution in [3.05, 3.63) is 106 Å². The summed E-state index contributed by atoms with van der Waals surface area (Å²) in [6.07, 6.45) is 13.4. The van der Waals surface area contributed by atoms with Gasteiger partial charge in [-0.25, -0.2) is 9.97 Å². The van der Waals surface area contributed by atoms with Crippen LogP contribution in [0.3, 0.4) is 0 Å². The summed E-state index contributed by atoms with van der Waals surface area (Å²) in [5, 5.41) is 4.53. The molecule has 6 heteroatoms. The Balaban J connectivity index is 1.45. The maximum atomic E-state index is 5.83. The molecule has 0 bridgehead atoms. The molecule has 0 amide bonds. The second-order valence-electron chi connectivity index (χ2n) is 9.73. The average molecular weight is 526 g/mol. The molecule has 2 heterocycles. The molecule has 1 aromatic heterocycles. The minimum atomic E-state index is 0.684. The third kappa shape index (κ3) is 6.78. The summed E-state index contributed by atoms with van der Waals surface area (Å²) in [7, 11) is 2.86. The smallest absolute Gasteiger partial charge is 0.141 e. The highest BCUT2D eigenvalue weighted by molar-refractivity contribution is 7.28. The molecule has 0 radical (unpaired) electrons. The largest absolute Gasteiger partial charge is 0.365 e. The van der Waals surface area contributed by atoms with Crippen molar-refractivity contribution in [1.29, 1.82) is 0 Å². The van der Waals surface area contributed by atoms with E-state index in [2.05, 4.69) is 117 Å². The van der Waals surface area contributed by atoms with E-state index < -0.39 is 0 Å². The number of nitrogens with one attached hydrogen (secondary N) is 1. The first-order valence-electron chi connectivity index (χ1n) is 13.5. The molecule has 4 rings (SSSR count). The van der Waals surface area contributed by atoms with Crippen molar-refractivity contribution in [3.63, 3.8) is 0 Å². The van der Waals surface area contributed by atoms with E-state index in [1.165, 1.54) is 39.0 Å². The highest BCUT2D eigenvalue weighted by Crippen LogP contribution is 2.27. The molecule has 5 nitrogen and oxygen atoms in total. The topological polar surface area (TPSA) is 67.1 Å². The van der Waals surface area contributed by atoms with Crippen molar-refractivity contribution in [2.24, 2.45) is 5.73 Å². The SMILES string of the molecule is C\C=C/C(=C\C(C)=C\CC)c1ccc(CNc2ncnc(N3CCc4c(CCN)cccc4C3)c2P)cc1. The van der Waals surface area contributed by atoms with Gasteiger partial charge in [0.1, 0.15) is 18.0 Å². The van der Waals surface area contributed by atoms with Crippen LogP contribution >= 0.6 is 9.24 Å². The van der Waals surface area contributed by atoms with Gasteiger partial charge in [0.05, 0.1) is 5.30 Å². The number of anilines is 2. The Labute approximate surface area is 230 Å². The van der Waals surface area contributed by atoms with Gasteiger partial charge in [-0.3, -0.25) is 0 Å². The standard InChI is InChI=1S/C32H40N5P/c1-4-7-23(3)19-27(8-5-2)25-13-11-24(12-14-25)20-34-31-30(38)32(36-22-35-31)37-18-16-29-26(15-17-33)9-6-10-28(29)21-37/h5-14,19,22H,4,15-18,20-21,33,38H2,1-3H3,(H,34,35,36)/b8-5-,23-7+,27-19+. The van der Waals surface area contributed by atoms with Crippen LogP contribution in [-0.4, -0.2) is 23.1 Å². The Morgan fingerprint density at radius 2 is 1.97 bits per heavy atom. The predicted molar refractivity (Wildman–Crippen MR) is 166 cm³/mol. The van der Waals surface area contributed by atoms with Gasteiger partial charge in [-0.15, -0.1) is 0 Å². The van der Waals surface area contributed by atoms with Crippen LogP contribution in [0.15, 0.2) is 78.7 Å². The quantitative estimate of drug-likeness (QED) is 0.252. The molecule has 38 heavy (non-hydrogen) atoms. The molecule has 0 aliphatic carbocycles. The number of nitrogens with two attached hydrogens (primary N) is 1. The Morgan fingerprint density at radius 3 is 2.71 bits per heavy atom. The molecule has 2 aromatic carbocycles. The van der Waals surface area contributed by atoms with Crippen LogP contribution in [0.4, 0.5) is 11.6 Å². The van der Waals surface area contributed by atoms with Crippen molar-refractivity contribution >= 4 is 31.8 Å². The molecule has 1 atom stereocenters. The zero-order valence-corrected chi connectivity index (χ0v) is 24.0. The summed E-state index contributed by atoms with van der Waals surface area (Å²) in [4.78, 5) is 11.5. The van der Waals surface area contributed by atoms with E-state index in [1.54, 1.807) is 6.33 Å². The van der Waals surface area contributed by atoms with Crippen molar-refractivity contribution < 1.29 is 0 Å². The van der Waals surface area contributed by atoms with E-state index in [4.69, 9.17) is 5.73 Å². The van der Waals surface area contributed by atoms with Gasteiger partial charge in [0.15, 0.2) is 0 Å². The summed E-state index contributed by atoms with van der Waals surface area (Å²) in [6, 6.07) is 15.3. The first-order chi connectivity index (χ1) is 18.5. The predicted octanol–water partition coefficient (Wildman–Crippen LogP) is 5.97. The maximum absolute atomic E-state index is 5.83. The van der Waals surface area contributed by atoms with Gasteiger partial charge >= 0.3 is 0 Å². The number of benzene rings is 2. The number of allylic oxidation sites excluding steroid dienone is 6. The van der Waals surface area contributed by atoms with Crippen molar-refractivity contribution in [2.45, 2.75) is 53.1 Å². The van der Waals surface area contributed by atoms with Gasteiger partial charge in [0.2, 0.25) is 0 Å². The van der Waals surface area contributed by atoms with Gasteiger partial charge in [-0.05, 0) is 73.0 Å². The zero-order valence-electron chi connectivity index (χ0n) is 22.9. The van der Waals surface area contributed by atoms with Crippen molar-refractivity contribution in [1.82, 2.24) is 9.97 Å². The molecule has 198 valence electrons. The maximum Gasteiger partial charge on any atom is 0.141 e. The summed E-state index contributed by atoms with van der Waals surface area (Å²) in [6.45, 7) is 9.54. The lowest BCUT2D eigenvalue weighted by molar-refractivity contribution is 0.713. The molecule has 1 aliphatic rings. The molecule has 0 saturated carbocycles. The number of fused-ring (bicyclic) bond motifs is 1. The van der Waals surface area contributed by atoms with E-state index in [9.17, 15) is 0 Å². The zero-order chi connectivity index (χ0) is 26.9. The van der Waals surface area contributed by atoms with E-state index in [0.29, 0.717) is 13.1 Å². The molecule has 1 unspecified atom stereocenters. The summed E-state index contributed by atoms with van der Waals surface area (Å²) in [5.74, 6) is 1.82. The fourth-order valence-corrected chi connectivity index (χ4v) is 5.51.